The summed E-state index contributed by atoms with van der Waals surface area (Å²) in [6.07, 6.45) is 0. The molecule has 196 valence electrons. The first-order chi connectivity index (χ1) is 17.7. The molecule has 1 amide bonds. The number of hydrogen-bond acceptors (Lipinski definition) is 7. The fourth-order valence-electron chi connectivity index (χ4n) is 3.78. The van der Waals surface area contributed by atoms with Gasteiger partial charge in [-0.05, 0) is 48.5 Å². The average molecular weight is 546 g/mol. The summed E-state index contributed by atoms with van der Waals surface area (Å²) in [6, 6.07) is 19.9. The fraction of sp³-hybridized carbons (Fsp3) is 0.240. The first kappa shape index (κ1) is 26.6. The molecule has 37 heavy (non-hydrogen) atoms. The highest BCUT2D eigenvalue weighted by molar-refractivity contribution is 7.92. The third-order valence-electron chi connectivity index (χ3n) is 5.71. The summed E-state index contributed by atoms with van der Waals surface area (Å²) < 4.78 is 65.3. The van der Waals surface area contributed by atoms with Gasteiger partial charge in [-0.1, -0.05) is 24.3 Å². The minimum absolute atomic E-state index is 0.0308. The molecule has 3 aromatic carbocycles. The predicted molar refractivity (Wildman–Crippen MR) is 139 cm³/mol. The predicted octanol–water partition coefficient (Wildman–Crippen LogP) is 2.55. The maximum absolute atomic E-state index is 13.5. The standard InChI is InChI=1S/C25H27N3O7S2/c1-34-22-7-5-6-21(18-22)28(37(32,33)23-8-3-2-4-9-23)19-25(29)26-20-10-12-24(13-11-20)36(30,31)27-14-16-35-17-15-27/h2-13,18H,14-17,19H2,1H3,(H,26,29). The van der Waals surface area contributed by atoms with Gasteiger partial charge in [0.25, 0.3) is 10.0 Å². The van der Waals surface area contributed by atoms with Crippen LogP contribution < -0.4 is 14.4 Å². The minimum atomic E-state index is -4.08. The van der Waals surface area contributed by atoms with E-state index in [4.69, 9.17) is 9.47 Å². The quantitative estimate of drug-likeness (QED) is 0.439. The number of anilines is 2. The van der Waals surface area contributed by atoms with Gasteiger partial charge >= 0.3 is 0 Å². The largest absolute Gasteiger partial charge is 0.497 e. The van der Waals surface area contributed by atoms with Crippen molar-refractivity contribution in [2.45, 2.75) is 9.79 Å². The Kier molecular flexibility index (Phi) is 8.13. The average Bonchev–Trinajstić information content (AvgIpc) is 2.93. The number of ether oxygens (including phenoxy) is 2. The van der Waals surface area contributed by atoms with E-state index in [-0.39, 0.29) is 28.6 Å². The SMILES string of the molecule is COc1cccc(N(CC(=O)Nc2ccc(S(=O)(=O)N3CCOCC3)cc2)S(=O)(=O)c2ccccc2)c1. The Hall–Kier alpha value is -3.45. The van der Waals surface area contributed by atoms with Crippen molar-refractivity contribution in [2.75, 3.05) is 49.6 Å². The lowest BCUT2D eigenvalue weighted by atomic mass is 10.3. The molecule has 0 saturated carbocycles. The Morgan fingerprint density at radius 1 is 0.919 bits per heavy atom. The second-order valence-corrected chi connectivity index (χ2v) is 11.9. The van der Waals surface area contributed by atoms with Crippen LogP contribution in [0.3, 0.4) is 0 Å². The Bertz CT molecular complexity index is 1440. The molecule has 1 aliphatic heterocycles. The number of nitrogens with one attached hydrogen (secondary N) is 1. The number of nitrogens with zero attached hydrogens (tertiary/aromatic N) is 2. The summed E-state index contributed by atoms with van der Waals surface area (Å²) >= 11 is 0. The highest BCUT2D eigenvalue weighted by Crippen LogP contribution is 2.27. The number of methoxy groups -OCH3 is 1. The summed E-state index contributed by atoms with van der Waals surface area (Å²) in [4.78, 5) is 13.1. The number of benzene rings is 3. The van der Waals surface area contributed by atoms with E-state index in [9.17, 15) is 21.6 Å². The van der Waals surface area contributed by atoms with Gasteiger partial charge in [0.2, 0.25) is 15.9 Å². The van der Waals surface area contributed by atoms with E-state index in [1.165, 1.54) is 53.9 Å². The van der Waals surface area contributed by atoms with Gasteiger partial charge in [0, 0.05) is 24.8 Å². The van der Waals surface area contributed by atoms with Crippen molar-refractivity contribution < 1.29 is 31.1 Å². The van der Waals surface area contributed by atoms with Crippen LogP contribution in [-0.4, -0.2) is 67.0 Å². The lowest BCUT2D eigenvalue weighted by Gasteiger charge is -2.26. The molecule has 0 aromatic heterocycles. The van der Waals surface area contributed by atoms with Crippen molar-refractivity contribution in [3.8, 4) is 5.75 Å². The van der Waals surface area contributed by atoms with E-state index in [0.29, 0.717) is 24.7 Å². The smallest absolute Gasteiger partial charge is 0.264 e. The second-order valence-electron chi connectivity index (χ2n) is 8.12. The Balaban J connectivity index is 1.55. The maximum Gasteiger partial charge on any atom is 0.264 e. The van der Waals surface area contributed by atoms with E-state index in [1.807, 2.05) is 0 Å². The van der Waals surface area contributed by atoms with Gasteiger partial charge in [0.05, 0.1) is 35.8 Å². The molecule has 0 unspecified atom stereocenters. The third-order valence-corrected chi connectivity index (χ3v) is 9.41. The minimum Gasteiger partial charge on any atom is -0.497 e. The molecule has 0 aliphatic carbocycles. The maximum atomic E-state index is 13.5. The van der Waals surface area contributed by atoms with E-state index < -0.39 is 32.5 Å². The molecule has 1 N–H and O–H groups in total. The van der Waals surface area contributed by atoms with Crippen LogP contribution in [0.5, 0.6) is 5.75 Å². The van der Waals surface area contributed by atoms with Crippen LogP contribution in [0.1, 0.15) is 0 Å². The number of sulfonamides is 2. The van der Waals surface area contributed by atoms with Gasteiger partial charge in [0.1, 0.15) is 12.3 Å². The summed E-state index contributed by atoms with van der Waals surface area (Å²) in [6.45, 7) is 0.706. The molecule has 0 bridgehead atoms. The number of amides is 1. The topological polar surface area (TPSA) is 122 Å². The van der Waals surface area contributed by atoms with Gasteiger partial charge in [0.15, 0.2) is 0 Å². The highest BCUT2D eigenvalue weighted by atomic mass is 32.2. The monoisotopic (exact) mass is 545 g/mol. The van der Waals surface area contributed by atoms with E-state index in [2.05, 4.69) is 5.32 Å². The lowest BCUT2D eigenvalue weighted by Crippen LogP contribution is -2.40. The number of carbonyl (C=O) groups is 1. The van der Waals surface area contributed by atoms with Crippen LogP contribution >= 0.6 is 0 Å². The van der Waals surface area contributed by atoms with Crippen LogP contribution in [0.25, 0.3) is 0 Å². The van der Waals surface area contributed by atoms with E-state index >= 15 is 0 Å². The van der Waals surface area contributed by atoms with Gasteiger partial charge in [-0.15, -0.1) is 0 Å². The molecule has 12 heteroatoms. The second kappa shape index (κ2) is 11.3. The zero-order valence-electron chi connectivity index (χ0n) is 20.1. The Morgan fingerprint density at radius 3 is 2.24 bits per heavy atom. The van der Waals surface area contributed by atoms with Gasteiger partial charge in [-0.2, -0.15) is 4.31 Å². The molecular formula is C25H27N3O7S2. The van der Waals surface area contributed by atoms with E-state index in [0.717, 1.165) is 4.31 Å². The van der Waals surface area contributed by atoms with Crippen molar-refractivity contribution in [1.82, 2.24) is 4.31 Å². The van der Waals surface area contributed by atoms with Crippen LogP contribution in [0.4, 0.5) is 11.4 Å². The fourth-order valence-corrected chi connectivity index (χ4v) is 6.62. The zero-order chi connectivity index (χ0) is 26.5. The number of hydrogen-bond donors (Lipinski definition) is 1. The molecule has 0 spiro atoms. The summed E-state index contributed by atoms with van der Waals surface area (Å²) in [5, 5.41) is 2.65. The van der Waals surface area contributed by atoms with Crippen LogP contribution in [0.2, 0.25) is 0 Å². The van der Waals surface area contributed by atoms with E-state index in [1.54, 1.807) is 36.4 Å². The van der Waals surface area contributed by atoms with Gasteiger partial charge in [-0.25, -0.2) is 16.8 Å². The van der Waals surface area contributed by atoms with Crippen LogP contribution in [-0.2, 0) is 29.6 Å². The molecule has 1 fully saturated rings. The molecule has 1 aliphatic rings. The summed E-state index contributed by atoms with van der Waals surface area (Å²) in [7, 11) is -6.30. The van der Waals surface area contributed by atoms with Crippen molar-refractivity contribution >= 4 is 37.3 Å². The lowest BCUT2D eigenvalue weighted by molar-refractivity contribution is -0.114. The third kappa shape index (κ3) is 6.10. The van der Waals surface area contributed by atoms with Crippen LogP contribution in [0.15, 0.2) is 88.7 Å². The molecule has 10 nitrogen and oxygen atoms in total. The number of carbonyl (C=O) groups excluding carboxylic acids is 1. The van der Waals surface area contributed by atoms with Gasteiger partial charge in [-0.3, -0.25) is 9.10 Å². The molecule has 0 atom stereocenters. The molecule has 1 heterocycles. The van der Waals surface area contributed by atoms with Crippen molar-refractivity contribution in [1.29, 1.82) is 0 Å². The zero-order valence-corrected chi connectivity index (χ0v) is 21.7. The Morgan fingerprint density at radius 2 is 1.59 bits per heavy atom. The number of rotatable bonds is 9. The molecule has 1 saturated heterocycles. The summed E-state index contributed by atoms with van der Waals surface area (Å²) in [5.41, 5.74) is 0.582. The van der Waals surface area contributed by atoms with Crippen molar-refractivity contribution in [2.24, 2.45) is 0 Å². The molecule has 4 rings (SSSR count). The van der Waals surface area contributed by atoms with Gasteiger partial charge < -0.3 is 14.8 Å². The molecular weight excluding hydrogens is 518 g/mol. The van der Waals surface area contributed by atoms with Crippen LogP contribution in [0, 0.1) is 0 Å². The molecule has 3 aromatic rings. The molecule has 0 radical (unpaired) electrons. The van der Waals surface area contributed by atoms with Crippen molar-refractivity contribution in [3.63, 3.8) is 0 Å². The highest BCUT2D eigenvalue weighted by Gasteiger charge is 2.28. The first-order valence-corrected chi connectivity index (χ1v) is 14.3. The first-order valence-electron chi connectivity index (χ1n) is 11.4. The normalized spacial score (nSPS) is 14.6. The van der Waals surface area contributed by atoms with Crippen molar-refractivity contribution in [3.05, 3.63) is 78.9 Å². The Labute approximate surface area is 216 Å². The summed E-state index contributed by atoms with van der Waals surface area (Å²) in [5.74, 6) is -0.172. The number of morpholine rings is 1.